The maximum Gasteiger partial charge on any atom is 0.243 e. The van der Waals surface area contributed by atoms with Crippen LogP contribution in [0.2, 0.25) is 10.0 Å². The van der Waals surface area contributed by atoms with Crippen molar-refractivity contribution in [3.05, 3.63) is 105 Å². The van der Waals surface area contributed by atoms with Gasteiger partial charge >= 0.3 is 0 Å². The molecule has 0 aromatic heterocycles. The number of rotatable bonds is 11. The minimum absolute atomic E-state index is 0.0766. The maximum atomic E-state index is 14.3. The first-order chi connectivity index (χ1) is 18.9. The number of hydrogen-bond acceptors (Lipinski definition) is 3. The van der Waals surface area contributed by atoms with E-state index in [1.165, 1.54) is 24.2 Å². The molecule has 1 aliphatic rings. The first kappa shape index (κ1) is 29.4. The van der Waals surface area contributed by atoms with Crippen LogP contribution in [0.5, 0.6) is 0 Å². The van der Waals surface area contributed by atoms with Crippen molar-refractivity contribution in [2.24, 2.45) is 0 Å². The van der Waals surface area contributed by atoms with Gasteiger partial charge in [0.05, 0.1) is 5.75 Å². The van der Waals surface area contributed by atoms with Gasteiger partial charge in [-0.2, -0.15) is 0 Å². The summed E-state index contributed by atoms with van der Waals surface area (Å²) in [5, 5.41) is 4.13. The summed E-state index contributed by atoms with van der Waals surface area (Å²) in [5.41, 5.74) is 2.17. The lowest BCUT2D eigenvalue weighted by atomic mass is 9.94. The summed E-state index contributed by atoms with van der Waals surface area (Å²) in [6.07, 6.45) is 5.65. The molecule has 3 aromatic carbocycles. The summed E-state index contributed by atoms with van der Waals surface area (Å²) in [6, 6.07) is 21.0. The fraction of sp³-hybridized carbons (Fsp3) is 0.355. The van der Waals surface area contributed by atoms with Crippen LogP contribution in [-0.4, -0.2) is 34.6 Å². The molecule has 4 rings (SSSR count). The number of thioether (sulfide) groups is 1. The number of nitrogens with one attached hydrogen (secondary N) is 1. The standard InChI is InChI=1S/C31H33Cl2FN2O2S/c32-24-12-7-11-23(17-24)19-36(30(37)21-39-20-26-27(33)15-8-16-28(26)34)29(18-22-9-3-1-4-10-22)31(38)35-25-13-5-2-6-14-25/h1,3-4,7-12,15-17,25,29H,2,5-6,13-14,18-21H2,(H,35,38)/t29-/m0/s1. The molecule has 1 aliphatic carbocycles. The van der Waals surface area contributed by atoms with Gasteiger partial charge in [-0.25, -0.2) is 4.39 Å². The largest absolute Gasteiger partial charge is 0.352 e. The van der Waals surface area contributed by atoms with Crippen LogP contribution in [0.25, 0.3) is 0 Å². The third-order valence-corrected chi connectivity index (χ3v) is 8.53. The molecule has 206 valence electrons. The molecule has 1 N–H and O–H groups in total. The summed E-state index contributed by atoms with van der Waals surface area (Å²) in [5.74, 6) is -0.421. The van der Waals surface area contributed by atoms with Gasteiger partial charge in [-0.1, -0.05) is 91.0 Å². The van der Waals surface area contributed by atoms with Gasteiger partial charge in [0.2, 0.25) is 11.8 Å². The highest BCUT2D eigenvalue weighted by Crippen LogP contribution is 2.25. The van der Waals surface area contributed by atoms with Crippen molar-refractivity contribution < 1.29 is 14.0 Å². The molecule has 0 radical (unpaired) electrons. The first-order valence-corrected chi connectivity index (χ1v) is 15.2. The lowest BCUT2D eigenvalue weighted by molar-refractivity contribution is -0.139. The molecule has 0 saturated heterocycles. The summed E-state index contributed by atoms with van der Waals surface area (Å²) in [7, 11) is 0. The molecule has 0 unspecified atom stereocenters. The highest BCUT2D eigenvalue weighted by Gasteiger charge is 2.32. The predicted molar refractivity (Wildman–Crippen MR) is 159 cm³/mol. The third kappa shape index (κ3) is 8.72. The summed E-state index contributed by atoms with van der Waals surface area (Å²) in [6.45, 7) is 0.232. The molecule has 1 fully saturated rings. The van der Waals surface area contributed by atoms with Crippen LogP contribution in [-0.2, 0) is 28.3 Å². The smallest absolute Gasteiger partial charge is 0.243 e. The van der Waals surface area contributed by atoms with E-state index in [9.17, 15) is 14.0 Å². The van der Waals surface area contributed by atoms with E-state index in [-0.39, 0.29) is 35.9 Å². The van der Waals surface area contributed by atoms with E-state index in [4.69, 9.17) is 23.2 Å². The van der Waals surface area contributed by atoms with E-state index in [1.54, 1.807) is 23.1 Å². The Morgan fingerprint density at radius 3 is 2.38 bits per heavy atom. The molecule has 39 heavy (non-hydrogen) atoms. The van der Waals surface area contributed by atoms with Crippen LogP contribution in [0.15, 0.2) is 72.8 Å². The molecule has 1 saturated carbocycles. The number of amides is 2. The molecule has 0 aliphatic heterocycles. The molecule has 0 heterocycles. The Morgan fingerprint density at radius 2 is 1.67 bits per heavy atom. The van der Waals surface area contributed by atoms with E-state index in [1.807, 2.05) is 48.5 Å². The second-order valence-corrected chi connectivity index (χ2v) is 11.7. The Kier molecular flexibility index (Phi) is 11.1. The Labute approximate surface area is 244 Å². The second-order valence-electron chi connectivity index (χ2n) is 9.89. The Balaban J connectivity index is 1.58. The maximum absolute atomic E-state index is 14.3. The van der Waals surface area contributed by atoms with Crippen molar-refractivity contribution in [3.8, 4) is 0 Å². The average molecular weight is 588 g/mol. The van der Waals surface area contributed by atoms with Crippen LogP contribution in [0.1, 0.15) is 48.8 Å². The zero-order valence-electron chi connectivity index (χ0n) is 21.8. The van der Waals surface area contributed by atoms with Gasteiger partial charge < -0.3 is 10.2 Å². The lowest BCUT2D eigenvalue weighted by Gasteiger charge is -2.33. The molecule has 8 heteroatoms. The van der Waals surface area contributed by atoms with E-state index in [0.29, 0.717) is 22.0 Å². The minimum atomic E-state index is -0.710. The van der Waals surface area contributed by atoms with E-state index in [2.05, 4.69) is 5.32 Å². The third-order valence-electron chi connectivity index (χ3n) is 7.00. The van der Waals surface area contributed by atoms with E-state index in [0.717, 1.165) is 36.8 Å². The number of nitrogens with zero attached hydrogens (tertiary/aromatic N) is 1. The second kappa shape index (κ2) is 14.7. The van der Waals surface area contributed by atoms with Gasteiger partial charge in [-0.15, -0.1) is 11.8 Å². The van der Waals surface area contributed by atoms with Gasteiger partial charge in [0.25, 0.3) is 0 Å². The zero-order chi connectivity index (χ0) is 27.6. The average Bonchev–Trinajstić information content (AvgIpc) is 2.93. The minimum Gasteiger partial charge on any atom is -0.352 e. The normalized spacial score (nSPS) is 14.5. The predicted octanol–water partition coefficient (Wildman–Crippen LogP) is 7.45. The number of benzene rings is 3. The SMILES string of the molecule is O=C(NC1CCCCC1)[C@H](Cc1ccccc1)N(Cc1cccc(Cl)c1)C(=O)CSCc1c(F)cccc1Cl. The van der Waals surface area contributed by atoms with Crippen LogP contribution >= 0.6 is 35.0 Å². The molecule has 0 spiro atoms. The number of carbonyl (C=O) groups excluding carboxylic acids is 2. The monoisotopic (exact) mass is 586 g/mol. The molecule has 3 aromatic rings. The quantitative estimate of drug-likeness (QED) is 0.254. The fourth-order valence-electron chi connectivity index (χ4n) is 4.92. The van der Waals surface area contributed by atoms with Crippen LogP contribution in [0.4, 0.5) is 4.39 Å². The van der Waals surface area contributed by atoms with E-state index >= 15 is 0 Å². The number of carbonyl (C=O) groups is 2. The van der Waals surface area contributed by atoms with Crippen LogP contribution in [0.3, 0.4) is 0 Å². The molecule has 1 atom stereocenters. The highest BCUT2D eigenvalue weighted by molar-refractivity contribution is 7.99. The zero-order valence-corrected chi connectivity index (χ0v) is 24.1. The first-order valence-electron chi connectivity index (χ1n) is 13.3. The molecule has 0 bridgehead atoms. The highest BCUT2D eigenvalue weighted by atomic mass is 35.5. The van der Waals surface area contributed by atoms with Gasteiger partial charge in [0.15, 0.2) is 0 Å². The summed E-state index contributed by atoms with van der Waals surface area (Å²) >= 11 is 13.7. The number of halogens is 3. The Morgan fingerprint density at radius 1 is 0.949 bits per heavy atom. The number of hydrogen-bond donors (Lipinski definition) is 1. The summed E-state index contributed by atoms with van der Waals surface area (Å²) < 4.78 is 14.3. The topological polar surface area (TPSA) is 49.4 Å². The van der Waals surface area contributed by atoms with Gasteiger partial charge in [0.1, 0.15) is 11.9 Å². The van der Waals surface area contributed by atoms with Gasteiger partial charge in [-0.05, 0) is 48.2 Å². The van der Waals surface area contributed by atoms with Crippen LogP contribution < -0.4 is 5.32 Å². The van der Waals surface area contributed by atoms with E-state index < -0.39 is 11.9 Å². The Hall–Kier alpha value is -2.54. The molecular weight excluding hydrogens is 554 g/mol. The van der Waals surface area contributed by atoms with Crippen molar-refractivity contribution in [2.45, 2.75) is 62.9 Å². The van der Waals surface area contributed by atoms with Crippen molar-refractivity contribution in [3.63, 3.8) is 0 Å². The van der Waals surface area contributed by atoms with Crippen LogP contribution in [0, 0.1) is 5.82 Å². The van der Waals surface area contributed by atoms with Gasteiger partial charge in [0, 0.05) is 40.4 Å². The van der Waals surface area contributed by atoms with Gasteiger partial charge in [-0.3, -0.25) is 9.59 Å². The van der Waals surface area contributed by atoms with Crippen molar-refractivity contribution in [2.75, 3.05) is 5.75 Å². The summed E-state index contributed by atoms with van der Waals surface area (Å²) in [4.78, 5) is 29.2. The molecule has 2 amide bonds. The van der Waals surface area contributed by atoms with Crippen molar-refractivity contribution in [1.82, 2.24) is 10.2 Å². The Bertz CT molecular complexity index is 1230. The molecular formula is C31H33Cl2FN2O2S. The lowest BCUT2D eigenvalue weighted by Crippen LogP contribution is -2.53. The molecule has 4 nitrogen and oxygen atoms in total. The van der Waals surface area contributed by atoms with Crippen molar-refractivity contribution >= 4 is 46.8 Å². The van der Waals surface area contributed by atoms with Crippen molar-refractivity contribution in [1.29, 1.82) is 0 Å². The fourth-order valence-corrected chi connectivity index (χ4v) is 6.39.